The lowest BCUT2D eigenvalue weighted by Crippen LogP contribution is -2.38. The lowest BCUT2D eigenvalue weighted by atomic mass is 9.83. The molecule has 2 aromatic heterocycles. The van der Waals surface area contributed by atoms with Crippen molar-refractivity contribution in [3.05, 3.63) is 149 Å². The summed E-state index contributed by atoms with van der Waals surface area (Å²) < 4.78 is 4.97. The molecule has 1 aliphatic heterocycles. The minimum atomic E-state index is -0.148. The van der Waals surface area contributed by atoms with Gasteiger partial charge in [-0.25, -0.2) is 4.99 Å². The molecule has 1 unspecified atom stereocenters. The van der Waals surface area contributed by atoms with Crippen LogP contribution in [0.4, 0.5) is 0 Å². The van der Waals surface area contributed by atoms with Crippen LogP contribution >= 0.6 is 11.3 Å². The van der Waals surface area contributed by atoms with Crippen LogP contribution in [0.3, 0.4) is 0 Å². The van der Waals surface area contributed by atoms with Crippen LogP contribution in [0.5, 0.6) is 0 Å². The van der Waals surface area contributed by atoms with Gasteiger partial charge in [0.25, 0.3) is 5.56 Å². The van der Waals surface area contributed by atoms with Gasteiger partial charge in [0, 0.05) is 17.0 Å². The molecule has 0 radical (unpaired) electrons. The van der Waals surface area contributed by atoms with Crippen LogP contribution in [-0.2, 0) is 6.42 Å². The molecule has 1 atom stereocenters. The Bertz CT molecular complexity index is 2000. The molecule has 0 bridgehead atoms. The number of rotatable bonds is 3. The predicted molar refractivity (Wildman–Crippen MR) is 164 cm³/mol. The number of hydrogen-bond acceptors (Lipinski definition) is 3. The smallest absolute Gasteiger partial charge is 0.271 e. The van der Waals surface area contributed by atoms with Crippen LogP contribution in [0.1, 0.15) is 57.2 Å². The minimum absolute atomic E-state index is 0.0277. The van der Waals surface area contributed by atoms with E-state index in [1.54, 1.807) is 0 Å². The fourth-order valence-corrected chi connectivity index (χ4v) is 7.53. The Kier molecular flexibility index (Phi) is 5.86. The number of thiazole rings is 1. The summed E-state index contributed by atoms with van der Waals surface area (Å²) >= 11 is 1.50. The first-order valence-corrected chi connectivity index (χ1v) is 14.7. The third-order valence-electron chi connectivity index (χ3n) is 8.41. The maximum atomic E-state index is 14.2. The molecule has 40 heavy (non-hydrogen) atoms. The molecule has 1 aliphatic carbocycles. The van der Waals surface area contributed by atoms with Crippen molar-refractivity contribution in [1.29, 1.82) is 0 Å². The third-order valence-corrected chi connectivity index (χ3v) is 9.39. The quantitative estimate of drug-likeness (QED) is 0.263. The van der Waals surface area contributed by atoms with E-state index in [1.165, 1.54) is 44.9 Å². The van der Waals surface area contributed by atoms with Gasteiger partial charge in [-0.2, -0.15) is 0 Å². The van der Waals surface area contributed by atoms with E-state index in [4.69, 9.17) is 4.99 Å². The molecule has 4 nitrogen and oxygen atoms in total. The highest BCUT2D eigenvalue weighted by atomic mass is 32.1. The monoisotopic (exact) mass is 541 g/mol. The number of hydrogen-bond donors (Lipinski definition) is 0. The van der Waals surface area contributed by atoms with Gasteiger partial charge in [0.05, 0.1) is 22.0 Å². The second-order valence-corrected chi connectivity index (χ2v) is 11.9. The van der Waals surface area contributed by atoms with E-state index in [0.29, 0.717) is 0 Å². The standard InChI is InChI=1S/C35H31N3OS/c1-21-11-10-12-22(2)32(21)37-23(3)19-27(24(37)4)20-30-34(39)38-33(26-14-6-5-7-15-26)29-18-17-25-13-8-9-16-28(25)31(29)36-35(38)40-30/h5-16,19-20,33H,17-18H2,1-4H3. The molecule has 3 aromatic carbocycles. The van der Waals surface area contributed by atoms with Gasteiger partial charge < -0.3 is 4.57 Å². The number of aromatic nitrogens is 2. The van der Waals surface area contributed by atoms with Crippen molar-refractivity contribution >= 4 is 23.1 Å². The van der Waals surface area contributed by atoms with Gasteiger partial charge in [-0.1, -0.05) is 84.1 Å². The molecule has 3 heterocycles. The first-order chi connectivity index (χ1) is 19.4. The van der Waals surface area contributed by atoms with Gasteiger partial charge in [0.2, 0.25) is 0 Å². The molecule has 7 rings (SSSR count). The van der Waals surface area contributed by atoms with Crippen molar-refractivity contribution in [2.24, 2.45) is 4.99 Å². The Hall–Kier alpha value is -4.22. The van der Waals surface area contributed by atoms with Crippen LogP contribution in [0.2, 0.25) is 0 Å². The van der Waals surface area contributed by atoms with E-state index in [0.717, 1.165) is 50.4 Å². The maximum Gasteiger partial charge on any atom is 0.271 e. The maximum absolute atomic E-state index is 14.2. The summed E-state index contributed by atoms with van der Waals surface area (Å²) in [4.78, 5) is 20.1. The van der Waals surface area contributed by atoms with Gasteiger partial charge in [-0.05, 0) is 86.1 Å². The summed E-state index contributed by atoms with van der Waals surface area (Å²) in [5.74, 6) is 0. The second-order valence-electron chi connectivity index (χ2n) is 10.9. The molecule has 0 amide bonds. The lowest BCUT2D eigenvalue weighted by molar-refractivity contribution is 0.585. The summed E-state index contributed by atoms with van der Waals surface area (Å²) in [7, 11) is 0. The Morgan fingerprint density at radius 2 is 1.60 bits per heavy atom. The van der Waals surface area contributed by atoms with Crippen molar-refractivity contribution in [3.8, 4) is 5.69 Å². The fraction of sp³-hybridized carbons (Fsp3) is 0.200. The zero-order valence-corrected chi connectivity index (χ0v) is 24.0. The number of nitrogens with zero attached hydrogens (tertiary/aromatic N) is 3. The van der Waals surface area contributed by atoms with E-state index >= 15 is 0 Å². The van der Waals surface area contributed by atoms with Crippen LogP contribution in [0.25, 0.3) is 17.5 Å². The van der Waals surface area contributed by atoms with E-state index < -0.39 is 0 Å². The SMILES string of the molecule is Cc1cccc(C)c1-n1c(C)cc(C=c2sc3n(c2=O)C(c2ccccc2)C2=C(N=3)c3ccccc3CC2)c1C. The first kappa shape index (κ1) is 24.8. The topological polar surface area (TPSA) is 39.3 Å². The van der Waals surface area contributed by atoms with E-state index in [1.807, 2.05) is 10.6 Å². The molecular weight excluding hydrogens is 510 g/mol. The average molecular weight is 542 g/mol. The average Bonchev–Trinajstić information content (AvgIpc) is 3.42. The normalized spacial score (nSPS) is 16.4. The fourth-order valence-electron chi connectivity index (χ4n) is 6.54. The number of fused-ring (bicyclic) bond motifs is 3. The molecule has 0 saturated heterocycles. The molecule has 5 aromatic rings. The van der Waals surface area contributed by atoms with E-state index in [2.05, 4.69) is 111 Å². The zero-order valence-electron chi connectivity index (χ0n) is 23.2. The highest BCUT2D eigenvalue weighted by molar-refractivity contribution is 7.07. The van der Waals surface area contributed by atoms with Crippen LogP contribution in [0.15, 0.2) is 94.2 Å². The minimum Gasteiger partial charge on any atom is -0.317 e. The van der Waals surface area contributed by atoms with Crippen molar-refractivity contribution in [1.82, 2.24) is 9.13 Å². The van der Waals surface area contributed by atoms with E-state index in [-0.39, 0.29) is 11.6 Å². The van der Waals surface area contributed by atoms with Crippen molar-refractivity contribution < 1.29 is 0 Å². The van der Waals surface area contributed by atoms with Crippen LogP contribution in [0, 0.1) is 27.7 Å². The molecule has 5 heteroatoms. The molecule has 0 spiro atoms. The summed E-state index contributed by atoms with van der Waals surface area (Å²) in [6.45, 7) is 8.59. The van der Waals surface area contributed by atoms with Crippen molar-refractivity contribution in [2.75, 3.05) is 0 Å². The molecule has 0 N–H and O–H groups in total. The van der Waals surface area contributed by atoms with Gasteiger partial charge in [0.1, 0.15) is 0 Å². The molecular formula is C35H31N3OS. The number of para-hydroxylation sites is 1. The number of allylic oxidation sites excluding steroid dienone is 1. The summed E-state index contributed by atoms with van der Waals surface area (Å²) in [6.07, 6.45) is 3.92. The Morgan fingerprint density at radius 1 is 0.875 bits per heavy atom. The predicted octanol–water partition coefficient (Wildman–Crippen LogP) is 6.34. The third kappa shape index (κ3) is 3.80. The van der Waals surface area contributed by atoms with Gasteiger partial charge in [-0.3, -0.25) is 9.36 Å². The highest BCUT2D eigenvalue weighted by Crippen LogP contribution is 2.41. The van der Waals surface area contributed by atoms with Crippen molar-refractivity contribution in [3.63, 3.8) is 0 Å². The second kappa shape index (κ2) is 9.46. The van der Waals surface area contributed by atoms with Gasteiger partial charge in [0.15, 0.2) is 4.80 Å². The Labute approximate surface area is 237 Å². The van der Waals surface area contributed by atoms with Gasteiger partial charge in [-0.15, -0.1) is 0 Å². The number of aryl methyl sites for hydroxylation is 4. The Morgan fingerprint density at radius 3 is 2.38 bits per heavy atom. The van der Waals surface area contributed by atoms with Crippen molar-refractivity contribution in [2.45, 2.75) is 46.6 Å². The summed E-state index contributed by atoms with van der Waals surface area (Å²) in [5.41, 5.74) is 13.0. The molecule has 2 aliphatic rings. The summed E-state index contributed by atoms with van der Waals surface area (Å²) in [5, 5.41) is 0. The summed E-state index contributed by atoms with van der Waals surface area (Å²) in [6, 6.07) is 27.4. The first-order valence-electron chi connectivity index (χ1n) is 13.9. The van der Waals surface area contributed by atoms with Crippen LogP contribution in [-0.4, -0.2) is 9.13 Å². The van der Waals surface area contributed by atoms with E-state index in [9.17, 15) is 4.79 Å². The molecule has 0 saturated carbocycles. The largest absolute Gasteiger partial charge is 0.317 e. The van der Waals surface area contributed by atoms with Crippen LogP contribution < -0.4 is 14.9 Å². The molecule has 198 valence electrons. The number of benzene rings is 3. The van der Waals surface area contributed by atoms with Gasteiger partial charge >= 0.3 is 0 Å². The zero-order chi connectivity index (χ0) is 27.5. The molecule has 0 fully saturated rings. The lowest BCUT2D eigenvalue weighted by Gasteiger charge is -2.30. The highest BCUT2D eigenvalue weighted by Gasteiger charge is 2.32. The Balaban J connectivity index is 1.45.